The summed E-state index contributed by atoms with van der Waals surface area (Å²) in [5.74, 6) is 0. The molecule has 0 heterocycles. The summed E-state index contributed by atoms with van der Waals surface area (Å²) in [6.07, 6.45) is 0. The third-order valence-electron chi connectivity index (χ3n) is 6.49. The molecule has 0 N–H and O–H groups in total. The fraction of sp³-hybridized carbons (Fsp3) is 0. The number of rotatable bonds is 6. The molecule has 0 saturated carbocycles. The van der Waals surface area contributed by atoms with Gasteiger partial charge < -0.3 is 9.80 Å². The summed E-state index contributed by atoms with van der Waals surface area (Å²) in [7, 11) is 0. The SMILES string of the molecule is Brc1ccc(N(c2ccccc2)c2ccc(N(c3ccccc3)c3ccccc3)c3ccccc23)cc1. The Hall–Kier alpha value is -4.34. The van der Waals surface area contributed by atoms with Gasteiger partial charge in [0, 0.05) is 38.0 Å². The van der Waals surface area contributed by atoms with Gasteiger partial charge in [0.1, 0.15) is 0 Å². The molecule has 0 bridgehead atoms. The molecule has 0 saturated heterocycles. The second-order valence-corrected chi connectivity index (χ2v) is 9.72. The highest BCUT2D eigenvalue weighted by Crippen LogP contribution is 2.45. The molecule has 3 heteroatoms. The molecule has 0 radical (unpaired) electrons. The van der Waals surface area contributed by atoms with Crippen LogP contribution in [0, 0.1) is 0 Å². The zero-order valence-electron chi connectivity index (χ0n) is 20.2. The molecule has 6 aromatic rings. The maximum absolute atomic E-state index is 3.59. The van der Waals surface area contributed by atoms with Gasteiger partial charge in [0.05, 0.1) is 11.4 Å². The molecule has 6 rings (SSSR count). The lowest BCUT2D eigenvalue weighted by Crippen LogP contribution is -2.13. The molecule has 0 fully saturated rings. The van der Waals surface area contributed by atoms with E-state index in [9.17, 15) is 0 Å². The Kier molecular flexibility index (Phi) is 6.45. The summed E-state index contributed by atoms with van der Waals surface area (Å²) in [4.78, 5) is 4.66. The third kappa shape index (κ3) is 4.62. The normalized spacial score (nSPS) is 10.8. The van der Waals surface area contributed by atoms with Gasteiger partial charge in [0.2, 0.25) is 0 Å². The van der Waals surface area contributed by atoms with Crippen molar-refractivity contribution in [3.05, 3.63) is 156 Å². The first-order valence-corrected chi connectivity index (χ1v) is 13.1. The van der Waals surface area contributed by atoms with Crippen LogP contribution in [0.25, 0.3) is 10.8 Å². The van der Waals surface area contributed by atoms with E-state index >= 15 is 0 Å². The van der Waals surface area contributed by atoms with E-state index in [0.29, 0.717) is 0 Å². The van der Waals surface area contributed by atoms with Crippen LogP contribution in [0.15, 0.2) is 156 Å². The largest absolute Gasteiger partial charge is 0.310 e. The Morgan fingerprint density at radius 2 is 0.649 bits per heavy atom. The van der Waals surface area contributed by atoms with E-state index in [0.717, 1.165) is 38.6 Å². The van der Waals surface area contributed by atoms with Crippen LogP contribution in [0.5, 0.6) is 0 Å². The number of halogens is 1. The van der Waals surface area contributed by atoms with Gasteiger partial charge in [-0.3, -0.25) is 0 Å². The van der Waals surface area contributed by atoms with E-state index in [1.165, 1.54) is 10.8 Å². The first-order chi connectivity index (χ1) is 18.3. The molecule has 0 unspecified atom stereocenters. The maximum atomic E-state index is 3.59. The number of para-hydroxylation sites is 3. The lowest BCUT2D eigenvalue weighted by atomic mass is 10.0. The van der Waals surface area contributed by atoms with Crippen LogP contribution in [-0.2, 0) is 0 Å². The van der Waals surface area contributed by atoms with E-state index in [1.807, 2.05) is 0 Å². The molecule has 2 nitrogen and oxygen atoms in total. The summed E-state index contributed by atoms with van der Waals surface area (Å²) in [6.45, 7) is 0. The van der Waals surface area contributed by atoms with E-state index in [-0.39, 0.29) is 0 Å². The van der Waals surface area contributed by atoms with Gasteiger partial charge in [-0.2, -0.15) is 0 Å². The molecular weight excluding hydrogens is 516 g/mol. The van der Waals surface area contributed by atoms with Gasteiger partial charge in [0.25, 0.3) is 0 Å². The fourth-order valence-corrected chi connectivity index (χ4v) is 5.10. The molecule has 0 spiro atoms. The minimum Gasteiger partial charge on any atom is -0.310 e. The summed E-state index contributed by atoms with van der Waals surface area (Å²) in [5, 5.41) is 2.37. The van der Waals surface area contributed by atoms with Crippen molar-refractivity contribution in [1.82, 2.24) is 0 Å². The van der Waals surface area contributed by atoms with Gasteiger partial charge >= 0.3 is 0 Å². The lowest BCUT2D eigenvalue weighted by Gasteiger charge is -2.30. The highest BCUT2D eigenvalue weighted by atomic mass is 79.9. The topological polar surface area (TPSA) is 6.48 Å². The molecule has 0 atom stereocenters. The number of benzene rings is 6. The number of anilines is 6. The van der Waals surface area contributed by atoms with Crippen LogP contribution in [0.2, 0.25) is 0 Å². The minimum absolute atomic E-state index is 1.06. The minimum atomic E-state index is 1.06. The molecule has 37 heavy (non-hydrogen) atoms. The Labute approximate surface area is 226 Å². The van der Waals surface area contributed by atoms with Crippen molar-refractivity contribution in [2.45, 2.75) is 0 Å². The van der Waals surface area contributed by atoms with Crippen LogP contribution in [-0.4, -0.2) is 0 Å². The second-order valence-electron chi connectivity index (χ2n) is 8.80. The van der Waals surface area contributed by atoms with Crippen molar-refractivity contribution < 1.29 is 0 Å². The van der Waals surface area contributed by atoms with Crippen LogP contribution in [0.1, 0.15) is 0 Å². The third-order valence-corrected chi connectivity index (χ3v) is 7.02. The molecule has 0 aliphatic heterocycles. The van der Waals surface area contributed by atoms with Crippen molar-refractivity contribution in [3.8, 4) is 0 Å². The maximum Gasteiger partial charge on any atom is 0.0541 e. The molecular formula is C34H25BrN2. The van der Waals surface area contributed by atoms with Crippen LogP contribution >= 0.6 is 15.9 Å². The summed E-state index contributed by atoms with van der Waals surface area (Å²) < 4.78 is 1.06. The monoisotopic (exact) mass is 540 g/mol. The zero-order chi connectivity index (χ0) is 25.0. The van der Waals surface area contributed by atoms with Crippen LogP contribution in [0.4, 0.5) is 34.1 Å². The van der Waals surface area contributed by atoms with Crippen LogP contribution < -0.4 is 9.80 Å². The number of nitrogens with zero attached hydrogens (tertiary/aromatic N) is 2. The summed E-state index contributed by atoms with van der Waals surface area (Å²) in [6, 6.07) is 53.3. The van der Waals surface area contributed by atoms with Gasteiger partial charge in [-0.05, 0) is 72.8 Å². The average Bonchev–Trinajstić information content (AvgIpc) is 2.97. The van der Waals surface area contributed by atoms with Crippen molar-refractivity contribution in [1.29, 1.82) is 0 Å². The summed E-state index contributed by atoms with van der Waals surface area (Å²) >= 11 is 3.59. The first-order valence-electron chi connectivity index (χ1n) is 12.3. The summed E-state index contributed by atoms with van der Waals surface area (Å²) in [5.41, 5.74) is 6.74. The van der Waals surface area contributed by atoms with Gasteiger partial charge in [-0.15, -0.1) is 0 Å². The Bertz CT molecular complexity index is 1580. The van der Waals surface area contributed by atoms with Gasteiger partial charge in [-0.1, -0.05) is 94.8 Å². The first kappa shape index (κ1) is 23.1. The quantitative estimate of drug-likeness (QED) is 0.207. The standard InChI is InChI=1S/C34H25BrN2/c35-26-20-22-30(23-21-26)37(29-16-8-3-9-17-29)34-25-24-33(31-18-10-11-19-32(31)34)36(27-12-4-1-5-13-27)28-14-6-2-7-15-28/h1-25H. The molecule has 178 valence electrons. The number of hydrogen-bond donors (Lipinski definition) is 0. The van der Waals surface area contributed by atoms with Crippen molar-refractivity contribution in [2.75, 3.05) is 9.80 Å². The predicted octanol–water partition coefficient (Wildman–Crippen LogP) is 10.5. The van der Waals surface area contributed by atoms with E-state index < -0.39 is 0 Å². The predicted molar refractivity (Wildman–Crippen MR) is 161 cm³/mol. The average molecular weight is 541 g/mol. The molecule has 0 amide bonds. The van der Waals surface area contributed by atoms with Crippen LogP contribution in [0.3, 0.4) is 0 Å². The van der Waals surface area contributed by atoms with E-state index in [2.05, 4.69) is 177 Å². The smallest absolute Gasteiger partial charge is 0.0541 e. The number of hydrogen-bond acceptors (Lipinski definition) is 2. The Morgan fingerprint density at radius 1 is 0.324 bits per heavy atom. The number of fused-ring (bicyclic) bond motifs is 1. The zero-order valence-corrected chi connectivity index (χ0v) is 21.8. The van der Waals surface area contributed by atoms with Crippen molar-refractivity contribution in [3.63, 3.8) is 0 Å². The van der Waals surface area contributed by atoms with E-state index in [4.69, 9.17) is 0 Å². The Balaban J connectivity index is 1.59. The molecule has 0 aromatic heterocycles. The Morgan fingerprint density at radius 3 is 1.03 bits per heavy atom. The molecule has 0 aliphatic rings. The van der Waals surface area contributed by atoms with Crippen molar-refractivity contribution in [2.24, 2.45) is 0 Å². The molecule has 0 aliphatic carbocycles. The highest BCUT2D eigenvalue weighted by Gasteiger charge is 2.20. The van der Waals surface area contributed by atoms with Gasteiger partial charge in [-0.25, -0.2) is 0 Å². The van der Waals surface area contributed by atoms with Crippen molar-refractivity contribution >= 4 is 60.8 Å². The van der Waals surface area contributed by atoms with E-state index in [1.54, 1.807) is 0 Å². The fourth-order valence-electron chi connectivity index (χ4n) is 4.83. The highest BCUT2D eigenvalue weighted by molar-refractivity contribution is 9.10. The molecule has 6 aromatic carbocycles. The van der Waals surface area contributed by atoms with Gasteiger partial charge in [0.15, 0.2) is 0 Å². The second kappa shape index (κ2) is 10.3. The lowest BCUT2D eigenvalue weighted by molar-refractivity contribution is 1.27.